The van der Waals surface area contributed by atoms with Crippen molar-refractivity contribution in [2.45, 2.75) is 31.7 Å². The standard InChI is InChI=1S/C20H28N6O/c27-20(19-7-13-26(24-19)18-2-1-8-22-15-18)23-14-16-5-11-25(12-6-16)17-3-9-21-10-4-17/h3-4,7,9-10,13,16,18,22H,1-2,5-6,8,11-12,14-15H2,(H,23,27). The molecule has 2 N–H and O–H groups in total. The second kappa shape index (κ2) is 8.52. The molecule has 7 heteroatoms. The van der Waals surface area contributed by atoms with Crippen LogP contribution in [0.25, 0.3) is 0 Å². The zero-order valence-electron chi connectivity index (χ0n) is 15.7. The molecular formula is C20H28N6O. The van der Waals surface area contributed by atoms with Crippen LogP contribution in [0, 0.1) is 5.92 Å². The van der Waals surface area contributed by atoms with Crippen molar-refractivity contribution in [2.24, 2.45) is 5.92 Å². The molecule has 0 aromatic carbocycles. The third-order valence-electron chi connectivity index (χ3n) is 5.68. The van der Waals surface area contributed by atoms with Crippen molar-refractivity contribution in [1.82, 2.24) is 25.4 Å². The highest BCUT2D eigenvalue weighted by Gasteiger charge is 2.21. The van der Waals surface area contributed by atoms with Crippen molar-refractivity contribution in [3.63, 3.8) is 0 Å². The van der Waals surface area contributed by atoms with E-state index in [2.05, 4.69) is 37.7 Å². The van der Waals surface area contributed by atoms with Crippen molar-refractivity contribution >= 4 is 11.6 Å². The van der Waals surface area contributed by atoms with Crippen LogP contribution in [0.1, 0.15) is 42.2 Å². The summed E-state index contributed by atoms with van der Waals surface area (Å²) in [4.78, 5) is 18.9. The maximum Gasteiger partial charge on any atom is 0.271 e. The lowest BCUT2D eigenvalue weighted by Gasteiger charge is -2.33. The SMILES string of the molecule is O=C(NCC1CCN(c2ccncc2)CC1)c1ccn(C2CCCNC2)n1. The van der Waals surface area contributed by atoms with Crippen molar-refractivity contribution in [1.29, 1.82) is 0 Å². The first-order chi connectivity index (χ1) is 13.3. The molecular weight excluding hydrogens is 340 g/mol. The summed E-state index contributed by atoms with van der Waals surface area (Å²) in [5.74, 6) is 0.464. The number of nitrogens with zero attached hydrogens (tertiary/aromatic N) is 4. The molecule has 2 saturated heterocycles. The molecule has 2 fully saturated rings. The van der Waals surface area contributed by atoms with Crippen LogP contribution in [0.5, 0.6) is 0 Å². The van der Waals surface area contributed by atoms with Gasteiger partial charge in [0, 0.05) is 50.5 Å². The zero-order valence-corrected chi connectivity index (χ0v) is 15.7. The first kappa shape index (κ1) is 18.0. The van der Waals surface area contributed by atoms with Gasteiger partial charge in [-0.1, -0.05) is 0 Å². The molecule has 0 saturated carbocycles. The maximum atomic E-state index is 12.4. The summed E-state index contributed by atoms with van der Waals surface area (Å²) in [6.45, 7) is 4.77. The number of pyridine rings is 1. The lowest BCUT2D eigenvalue weighted by molar-refractivity contribution is 0.0938. The molecule has 144 valence electrons. The monoisotopic (exact) mass is 368 g/mol. The largest absolute Gasteiger partial charge is 0.371 e. The molecule has 0 bridgehead atoms. The first-order valence-electron chi connectivity index (χ1n) is 9.98. The number of carbonyl (C=O) groups excluding carboxylic acids is 1. The molecule has 1 atom stereocenters. The van der Waals surface area contributed by atoms with Crippen LogP contribution in [0.3, 0.4) is 0 Å². The van der Waals surface area contributed by atoms with Gasteiger partial charge in [0.15, 0.2) is 0 Å². The average molecular weight is 368 g/mol. The van der Waals surface area contributed by atoms with E-state index in [1.54, 1.807) is 0 Å². The smallest absolute Gasteiger partial charge is 0.271 e. The van der Waals surface area contributed by atoms with Crippen LogP contribution in [-0.2, 0) is 0 Å². The molecule has 0 aliphatic carbocycles. The predicted molar refractivity (Wildman–Crippen MR) is 105 cm³/mol. The average Bonchev–Trinajstić information content (AvgIpc) is 3.24. The van der Waals surface area contributed by atoms with Gasteiger partial charge in [0.2, 0.25) is 0 Å². The third kappa shape index (κ3) is 4.47. The second-order valence-corrected chi connectivity index (χ2v) is 7.53. The van der Waals surface area contributed by atoms with Gasteiger partial charge in [0.1, 0.15) is 5.69 Å². The Morgan fingerprint density at radius 2 is 2.00 bits per heavy atom. The number of hydrogen-bond acceptors (Lipinski definition) is 5. The van der Waals surface area contributed by atoms with E-state index in [1.165, 1.54) is 5.69 Å². The van der Waals surface area contributed by atoms with E-state index < -0.39 is 0 Å². The fourth-order valence-electron chi connectivity index (χ4n) is 4.00. The summed E-state index contributed by atoms with van der Waals surface area (Å²) in [6.07, 6.45) is 10.1. The third-order valence-corrected chi connectivity index (χ3v) is 5.68. The van der Waals surface area contributed by atoms with Crippen molar-refractivity contribution in [2.75, 3.05) is 37.6 Å². The first-order valence-corrected chi connectivity index (χ1v) is 9.98. The summed E-state index contributed by atoms with van der Waals surface area (Å²) in [5.41, 5.74) is 1.75. The highest BCUT2D eigenvalue weighted by molar-refractivity contribution is 5.92. The van der Waals surface area contributed by atoms with Crippen LogP contribution in [0.4, 0.5) is 5.69 Å². The molecule has 4 rings (SSSR count). The minimum absolute atomic E-state index is 0.0610. The number of hydrogen-bond donors (Lipinski definition) is 2. The van der Waals surface area contributed by atoms with Gasteiger partial charge in [0.25, 0.3) is 5.91 Å². The van der Waals surface area contributed by atoms with Crippen molar-refractivity contribution < 1.29 is 4.79 Å². The number of carbonyl (C=O) groups is 1. The highest BCUT2D eigenvalue weighted by atomic mass is 16.1. The van der Waals surface area contributed by atoms with Gasteiger partial charge >= 0.3 is 0 Å². The Labute approximate surface area is 160 Å². The lowest BCUT2D eigenvalue weighted by atomic mass is 9.96. The van der Waals surface area contributed by atoms with Gasteiger partial charge in [-0.05, 0) is 56.3 Å². The van der Waals surface area contributed by atoms with Gasteiger partial charge in [0.05, 0.1) is 6.04 Å². The lowest BCUT2D eigenvalue weighted by Crippen LogP contribution is -2.38. The molecule has 7 nitrogen and oxygen atoms in total. The number of nitrogens with one attached hydrogen (secondary N) is 2. The van der Waals surface area contributed by atoms with Crippen molar-refractivity contribution in [3.8, 4) is 0 Å². The van der Waals surface area contributed by atoms with Crippen LogP contribution in [0.15, 0.2) is 36.8 Å². The summed E-state index contributed by atoms with van der Waals surface area (Å²) >= 11 is 0. The Morgan fingerprint density at radius 1 is 1.19 bits per heavy atom. The molecule has 1 amide bonds. The van der Waals surface area contributed by atoms with E-state index in [9.17, 15) is 4.79 Å². The minimum atomic E-state index is -0.0610. The normalized spacial score (nSPS) is 21.2. The fourth-order valence-corrected chi connectivity index (χ4v) is 4.00. The molecule has 2 aliphatic rings. The second-order valence-electron chi connectivity index (χ2n) is 7.53. The highest BCUT2D eigenvalue weighted by Crippen LogP contribution is 2.22. The molecule has 27 heavy (non-hydrogen) atoms. The number of piperidine rings is 2. The summed E-state index contributed by atoms with van der Waals surface area (Å²) in [5, 5.41) is 11.0. The number of aromatic nitrogens is 3. The van der Waals surface area contributed by atoms with E-state index in [-0.39, 0.29) is 5.91 Å². The molecule has 4 heterocycles. The van der Waals surface area contributed by atoms with E-state index in [1.807, 2.05) is 29.3 Å². The quantitative estimate of drug-likeness (QED) is 0.842. The molecule has 2 aliphatic heterocycles. The number of rotatable bonds is 5. The van der Waals surface area contributed by atoms with Crippen LogP contribution < -0.4 is 15.5 Å². The van der Waals surface area contributed by atoms with Gasteiger partial charge in [-0.2, -0.15) is 5.10 Å². The van der Waals surface area contributed by atoms with Gasteiger partial charge in [-0.3, -0.25) is 14.5 Å². The number of amides is 1. The van der Waals surface area contributed by atoms with Crippen molar-refractivity contribution in [3.05, 3.63) is 42.5 Å². The Morgan fingerprint density at radius 3 is 2.74 bits per heavy atom. The van der Waals surface area contributed by atoms with Gasteiger partial charge in [-0.15, -0.1) is 0 Å². The summed E-state index contributed by atoms with van der Waals surface area (Å²) < 4.78 is 1.94. The molecule has 0 radical (unpaired) electrons. The molecule has 2 aromatic rings. The molecule has 2 aromatic heterocycles. The summed E-state index contributed by atoms with van der Waals surface area (Å²) in [6, 6.07) is 6.30. The molecule has 1 unspecified atom stereocenters. The van der Waals surface area contributed by atoms with Crippen LogP contribution in [0.2, 0.25) is 0 Å². The Balaban J connectivity index is 1.23. The Bertz CT molecular complexity index is 732. The predicted octanol–water partition coefficient (Wildman–Crippen LogP) is 1.85. The van der Waals surface area contributed by atoms with Crippen LogP contribution >= 0.6 is 0 Å². The fraction of sp³-hybridized carbons (Fsp3) is 0.550. The maximum absolute atomic E-state index is 12.4. The van der Waals surface area contributed by atoms with Gasteiger partial charge in [-0.25, -0.2) is 0 Å². The summed E-state index contributed by atoms with van der Waals surface area (Å²) in [7, 11) is 0. The minimum Gasteiger partial charge on any atom is -0.371 e. The molecule has 0 spiro atoms. The van der Waals surface area contributed by atoms with E-state index >= 15 is 0 Å². The van der Waals surface area contributed by atoms with E-state index in [0.29, 0.717) is 17.7 Å². The van der Waals surface area contributed by atoms with E-state index in [4.69, 9.17) is 0 Å². The van der Waals surface area contributed by atoms with Gasteiger partial charge < -0.3 is 15.5 Å². The van der Waals surface area contributed by atoms with Crippen LogP contribution in [-0.4, -0.2) is 53.4 Å². The zero-order chi connectivity index (χ0) is 18.5. The Hall–Kier alpha value is -2.41. The number of anilines is 1. The Kier molecular flexibility index (Phi) is 5.67. The topological polar surface area (TPSA) is 75.1 Å². The van der Waals surface area contributed by atoms with E-state index in [0.717, 1.165) is 58.4 Å².